The lowest BCUT2D eigenvalue weighted by molar-refractivity contribution is 0.00274. The van der Waals surface area contributed by atoms with E-state index in [-0.39, 0.29) is 12.4 Å². The molecule has 1 aromatic rings. The molecule has 3 heteroatoms. The number of aromatic hydroxyl groups is 1. The summed E-state index contributed by atoms with van der Waals surface area (Å²) >= 11 is 0. The Labute approximate surface area is 127 Å². The third-order valence-electron chi connectivity index (χ3n) is 6.10. The van der Waals surface area contributed by atoms with Gasteiger partial charge in [-0.2, -0.15) is 0 Å². The summed E-state index contributed by atoms with van der Waals surface area (Å²) in [6.45, 7) is 1.22. The summed E-state index contributed by atoms with van der Waals surface area (Å²) in [4.78, 5) is 2.59. The zero-order valence-corrected chi connectivity index (χ0v) is 13.0. The van der Waals surface area contributed by atoms with Crippen LogP contribution in [0, 0.1) is 5.92 Å². The zero-order valence-electron chi connectivity index (χ0n) is 12.1. The van der Waals surface area contributed by atoms with Crippen LogP contribution in [-0.2, 0) is 11.8 Å². The normalized spacial score (nSPS) is 35.6. The summed E-state index contributed by atoms with van der Waals surface area (Å²) in [5, 5.41) is 9.91. The molecule has 2 aliphatic carbocycles. The first-order valence-corrected chi connectivity index (χ1v) is 7.73. The highest BCUT2D eigenvalue weighted by atomic mass is 35.5. The molecule has 4 rings (SSSR count). The molecule has 1 aromatic carbocycles. The van der Waals surface area contributed by atoms with Gasteiger partial charge in [0, 0.05) is 11.5 Å². The van der Waals surface area contributed by atoms with Crippen LogP contribution in [0.3, 0.4) is 0 Å². The molecule has 0 aromatic heterocycles. The molecule has 0 spiro atoms. The van der Waals surface area contributed by atoms with E-state index >= 15 is 0 Å². The average Bonchev–Trinajstić information content (AvgIpc) is 2.43. The molecule has 0 radical (unpaired) electrons. The summed E-state index contributed by atoms with van der Waals surface area (Å²) in [6.07, 6.45) is 7.93. The summed E-state index contributed by atoms with van der Waals surface area (Å²) in [7, 11) is 2.30. The van der Waals surface area contributed by atoms with Gasteiger partial charge in [0.15, 0.2) is 0 Å². The van der Waals surface area contributed by atoms with E-state index in [4.69, 9.17) is 0 Å². The van der Waals surface area contributed by atoms with Crippen molar-refractivity contribution in [3.8, 4) is 5.75 Å². The van der Waals surface area contributed by atoms with Gasteiger partial charge in [-0.3, -0.25) is 0 Å². The van der Waals surface area contributed by atoms with Crippen molar-refractivity contribution in [2.45, 2.75) is 50.0 Å². The maximum absolute atomic E-state index is 9.91. The number of rotatable bonds is 0. The molecule has 1 saturated carbocycles. The van der Waals surface area contributed by atoms with Gasteiger partial charge in [-0.15, -0.1) is 12.4 Å². The molecule has 3 aliphatic rings. The molecule has 110 valence electrons. The van der Waals surface area contributed by atoms with Crippen molar-refractivity contribution in [3.05, 3.63) is 29.3 Å². The van der Waals surface area contributed by atoms with Crippen LogP contribution in [0.15, 0.2) is 18.2 Å². The van der Waals surface area contributed by atoms with Crippen molar-refractivity contribution in [2.75, 3.05) is 13.6 Å². The quantitative estimate of drug-likeness (QED) is 0.791. The number of hydrogen-bond acceptors (Lipinski definition) is 2. The van der Waals surface area contributed by atoms with Crippen molar-refractivity contribution >= 4 is 12.4 Å². The van der Waals surface area contributed by atoms with Gasteiger partial charge in [0.25, 0.3) is 0 Å². The topological polar surface area (TPSA) is 23.5 Å². The van der Waals surface area contributed by atoms with E-state index in [1.165, 1.54) is 56.2 Å². The second-order valence-electron chi connectivity index (χ2n) is 6.85. The Morgan fingerprint density at radius 2 is 2.10 bits per heavy atom. The maximum Gasteiger partial charge on any atom is 0.115 e. The molecular weight excluding hydrogens is 270 g/mol. The lowest BCUT2D eigenvalue weighted by Gasteiger charge is -2.58. The molecule has 1 heterocycles. The third kappa shape index (κ3) is 1.81. The number of likely N-dealkylation sites (tertiary alicyclic amines) is 1. The lowest BCUT2D eigenvalue weighted by atomic mass is 9.52. The predicted molar refractivity (Wildman–Crippen MR) is 83.7 cm³/mol. The van der Waals surface area contributed by atoms with E-state index in [2.05, 4.69) is 24.1 Å². The minimum atomic E-state index is 0. The Balaban J connectivity index is 0.00000121. The van der Waals surface area contributed by atoms with Crippen LogP contribution < -0.4 is 0 Å². The van der Waals surface area contributed by atoms with Crippen LogP contribution in [0.1, 0.15) is 43.2 Å². The van der Waals surface area contributed by atoms with Gasteiger partial charge < -0.3 is 10.0 Å². The number of benzene rings is 1. The first kappa shape index (κ1) is 14.2. The van der Waals surface area contributed by atoms with Gasteiger partial charge in [-0.25, -0.2) is 0 Å². The highest BCUT2D eigenvalue weighted by molar-refractivity contribution is 5.85. The van der Waals surface area contributed by atoms with Gasteiger partial charge in [-0.05, 0) is 68.5 Å². The number of halogens is 1. The summed E-state index contributed by atoms with van der Waals surface area (Å²) in [5.74, 6) is 1.27. The van der Waals surface area contributed by atoms with Crippen molar-refractivity contribution in [2.24, 2.45) is 5.92 Å². The van der Waals surface area contributed by atoms with Crippen LogP contribution in [0.5, 0.6) is 5.75 Å². The van der Waals surface area contributed by atoms with E-state index in [1.54, 1.807) is 0 Å². The number of likely N-dealkylation sites (N-methyl/N-ethyl adjacent to an activating group) is 1. The first-order chi connectivity index (χ1) is 9.21. The van der Waals surface area contributed by atoms with Crippen LogP contribution in [0.4, 0.5) is 0 Å². The Bertz CT molecular complexity index is 518. The van der Waals surface area contributed by atoms with Crippen molar-refractivity contribution in [3.63, 3.8) is 0 Å². The molecule has 1 saturated heterocycles. The van der Waals surface area contributed by atoms with E-state index in [9.17, 15) is 5.11 Å². The number of hydrogen-bond donors (Lipinski definition) is 1. The van der Waals surface area contributed by atoms with E-state index in [1.807, 2.05) is 6.07 Å². The number of phenols is 1. The van der Waals surface area contributed by atoms with Crippen LogP contribution in [0.2, 0.25) is 0 Å². The van der Waals surface area contributed by atoms with Crippen LogP contribution in [-0.4, -0.2) is 29.6 Å². The fourth-order valence-electron chi connectivity index (χ4n) is 5.18. The van der Waals surface area contributed by atoms with Crippen LogP contribution in [0.25, 0.3) is 0 Å². The standard InChI is InChI=1S/C17H23NO.ClH/c1-18-9-8-17-7-3-2-4-14(17)16(18)10-12-5-6-13(19)11-15(12)17;/h5-6,11,14,16,19H,2-4,7-10H2,1H3;1H/t14-,16+,17+;/m0./s1. The first-order valence-electron chi connectivity index (χ1n) is 7.73. The highest BCUT2D eigenvalue weighted by Crippen LogP contribution is 2.55. The number of phenolic OH excluding ortho intramolecular Hbond substituents is 1. The summed E-state index contributed by atoms with van der Waals surface area (Å²) in [5.41, 5.74) is 3.36. The molecule has 0 unspecified atom stereocenters. The molecule has 1 N–H and O–H groups in total. The lowest BCUT2D eigenvalue weighted by Crippen LogP contribution is -2.59. The molecule has 3 atom stereocenters. The minimum absolute atomic E-state index is 0. The van der Waals surface area contributed by atoms with Gasteiger partial charge in [0.1, 0.15) is 5.75 Å². The molecule has 2 bridgehead atoms. The van der Waals surface area contributed by atoms with Gasteiger partial charge in [0.05, 0.1) is 0 Å². The molecular formula is C17H24ClNO. The Morgan fingerprint density at radius 3 is 2.95 bits per heavy atom. The number of fused-ring (bicyclic) bond motifs is 1. The van der Waals surface area contributed by atoms with Gasteiger partial charge in [0.2, 0.25) is 0 Å². The van der Waals surface area contributed by atoms with Gasteiger partial charge >= 0.3 is 0 Å². The van der Waals surface area contributed by atoms with E-state index in [0.717, 1.165) is 12.0 Å². The van der Waals surface area contributed by atoms with E-state index < -0.39 is 0 Å². The fourth-order valence-corrected chi connectivity index (χ4v) is 5.18. The largest absolute Gasteiger partial charge is 0.508 e. The molecule has 0 amide bonds. The monoisotopic (exact) mass is 293 g/mol. The highest BCUT2D eigenvalue weighted by Gasteiger charge is 2.52. The Morgan fingerprint density at radius 1 is 1.25 bits per heavy atom. The second-order valence-corrected chi connectivity index (χ2v) is 6.85. The molecule has 20 heavy (non-hydrogen) atoms. The van der Waals surface area contributed by atoms with Crippen molar-refractivity contribution in [1.29, 1.82) is 0 Å². The van der Waals surface area contributed by atoms with Crippen molar-refractivity contribution in [1.82, 2.24) is 4.90 Å². The average molecular weight is 294 g/mol. The zero-order chi connectivity index (χ0) is 13.0. The molecule has 1 aliphatic heterocycles. The molecule has 2 nitrogen and oxygen atoms in total. The minimum Gasteiger partial charge on any atom is -0.508 e. The number of nitrogens with zero attached hydrogens (tertiary/aromatic N) is 1. The van der Waals surface area contributed by atoms with Crippen LogP contribution >= 0.6 is 12.4 Å². The van der Waals surface area contributed by atoms with Crippen molar-refractivity contribution < 1.29 is 5.11 Å². The third-order valence-corrected chi connectivity index (χ3v) is 6.10. The fraction of sp³-hybridized carbons (Fsp3) is 0.647. The maximum atomic E-state index is 9.91. The SMILES string of the molecule is CN1CC[C@]23CCCC[C@H]2[C@H]1Cc1ccc(O)cc13.Cl. The molecule has 2 fully saturated rings. The summed E-state index contributed by atoms with van der Waals surface area (Å²) in [6, 6.07) is 6.85. The van der Waals surface area contributed by atoms with E-state index in [0.29, 0.717) is 11.2 Å². The Hall–Kier alpha value is -0.730. The van der Waals surface area contributed by atoms with Gasteiger partial charge in [-0.1, -0.05) is 18.9 Å². The summed E-state index contributed by atoms with van der Waals surface area (Å²) < 4.78 is 0. The smallest absolute Gasteiger partial charge is 0.115 e. The second kappa shape index (κ2) is 4.92. The Kier molecular flexibility index (Phi) is 3.50. The predicted octanol–water partition coefficient (Wildman–Crippen LogP) is 3.50. The number of piperidine rings is 1.